The maximum absolute atomic E-state index is 13.2. The summed E-state index contributed by atoms with van der Waals surface area (Å²) in [6.07, 6.45) is 9.30. The van der Waals surface area contributed by atoms with Crippen molar-refractivity contribution in [1.29, 1.82) is 0 Å². The Balaban J connectivity index is 0.00000125. The number of halogens is 1. The summed E-state index contributed by atoms with van der Waals surface area (Å²) >= 11 is 0. The van der Waals surface area contributed by atoms with Crippen molar-refractivity contribution < 1.29 is 4.79 Å². The smallest absolute Gasteiger partial charge is 0.226 e. The molecule has 0 aromatic carbocycles. The van der Waals surface area contributed by atoms with E-state index in [2.05, 4.69) is 4.90 Å². The van der Waals surface area contributed by atoms with Crippen molar-refractivity contribution in [3.63, 3.8) is 0 Å². The zero-order chi connectivity index (χ0) is 14.1. The Morgan fingerprint density at radius 1 is 0.864 bits per heavy atom. The average Bonchev–Trinajstić information content (AvgIpc) is 3.00. The standard InChI is InChI=1S/C18H28N2O.ClH/c19-16-2-1-12-8-20(9-15(12)16)18(21)17-13-4-10-3-11(6-13)7-14(17)5-10;/h10-17H,1-9,19H2;1H. The largest absolute Gasteiger partial charge is 0.342 e. The summed E-state index contributed by atoms with van der Waals surface area (Å²) in [5, 5.41) is 0. The van der Waals surface area contributed by atoms with Crippen molar-refractivity contribution in [3.05, 3.63) is 0 Å². The van der Waals surface area contributed by atoms with Crippen molar-refractivity contribution in [1.82, 2.24) is 4.90 Å². The normalized spacial score (nSPS) is 51.8. The van der Waals surface area contributed by atoms with Gasteiger partial charge in [0.15, 0.2) is 0 Å². The lowest BCUT2D eigenvalue weighted by atomic mass is 9.51. The van der Waals surface area contributed by atoms with Gasteiger partial charge in [0.25, 0.3) is 0 Å². The molecule has 1 heterocycles. The highest BCUT2D eigenvalue weighted by Gasteiger charge is 2.53. The van der Waals surface area contributed by atoms with E-state index in [4.69, 9.17) is 5.73 Å². The molecule has 0 radical (unpaired) electrons. The van der Waals surface area contributed by atoms with Gasteiger partial charge in [0.05, 0.1) is 0 Å². The monoisotopic (exact) mass is 324 g/mol. The molecule has 6 rings (SSSR count). The van der Waals surface area contributed by atoms with Crippen molar-refractivity contribution in [2.24, 2.45) is 47.2 Å². The van der Waals surface area contributed by atoms with Crippen LogP contribution in [0.2, 0.25) is 0 Å². The first-order chi connectivity index (χ1) is 10.2. The minimum Gasteiger partial charge on any atom is -0.342 e. The van der Waals surface area contributed by atoms with Crippen LogP contribution >= 0.6 is 12.4 Å². The fraction of sp³-hybridized carbons (Fsp3) is 0.944. The van der Waals surface area contributed by atoms with Gasteiger partial charge in [-0.25, -0.2) is 0 Å². The molecule has 22 heavy (non-hydrogen) atoms. The molecular weight excluding hydrogens is 296 g/mol. The van der Waals surface area contributed by atoms with E-state index in [1.807, 2.05) is 0 Å². The molecule has 6 aliphatic rings. The van der Waals surface area contributed by atoms with E-state index in [9.17, 15) is 4.79 Å². The van der Waals surface area contributed by atoms with Gasteiger partial charge in [0.1, 0.15) is 0 Å². The molecule has 2 N–H and O–H groups in total. The Morgan fingerprint density at radius 3 is 2.09 bits per heavy atom. The first-order valence-corrected chi connectivity index (χ1v) is 9.23. The van der Waals surface area contributed by atoms with Gasteiger partial charge in [-0.15, -0.1) is 12.4 Å². The number of amides is 1. The highest BCUT2D eigenvalue weighted by atomic mass is 35.5. The van der Waals surface area contributed by atoms with Crippen LogP contribution in [-0.2, 0) is 4.79 Å². The molecule has 0 spiro atoms. The number of nitrogens with zero attached hydrogens (tertiary/aromatic N) is 1. The van der Waals surface area contributed by atoms with Crippen LogP contribution in [0.5, 0.6) is 0 Å². The number of hydrogen-bond acceptors (Lipinski definition) is 2. The molecule has 0 aromatic rings. The van der Waals surface area contributed by atoms with Gasteiger partial charge in [-0.2, -0.15) is 0 Å². The van der Waals surface area contributed by atoms with Gasteiger partial charge in [-0.05, 0) is 80.5 Å². The third-order valence-corrected chi connectivity index (χ3v) is 7.74. The summed E-state index contributed by atoms with van der Waals surface area (Å²) < 4.78 is 0. The summed E-state index contributed by atoms with van der Waals surface area (Å²) in [6, 6.07) is 0.353. The number of hydrogen-bond donors (Lipinski definition) is 1. The minimum absolute atomic E-state index is 0. The van der Waals surface area contributed by atoms with Crippen LogP contribution in [-0.4, -0.2) is 29.9 Å². The number of likely N-dealkylation sites (tertiary alicyclic amines) is 1. The lowest BCUT2D eigenvalue weighted by Gasteiger charge is -2.54. The van der Waals surface area contributed by atoms with E-state index in [0.29, 0.717) is 29.7 Å². The molecule has 4 heteroatoms. The van der Waals surface area contributed by atoms with Crippen LogP contribution in [0.1, 0.15) is 44.9 Å². The Hall–Kier alpha value is -0.280. The van der Waals surface area contributed by atoms with Crippen molar-refractivity contribution >= 4 is 18.3 Å². The number of carbonyl (C=O) groups is 1. The number of carbonyl (C=O) groups excluding carboxylic acids is 1. The molecule has 0 aromatic heterocycles. The second-order valence-corrected chi connectivity index (χ2v) is 8.86. The molecule has 3 nitrogen and oxygen atoms in total. The number of rotatable bonds is 1. The molecular formula is C18H29ClN2O. The summed E-state index contributed by atoms with van der Waals surface area (Å²) in [5.41, 5.74) is 6.24. The van der Waals surface area contributed by atoms with E-state index >= 15 is 0 Å². The van der Waals surface area contributed by atoms with E-state index in [1.165, 1.54) is 44.9 Å². The highest BCUT2D eigenvalue weighted by Crippen LogP contribution is 2.57. The third kappa shape index (κ3) is 2.15. The van der Waals surface area contributed by atoms with Crippen molar-refractivity contribution in [2.75, 3.05) is 13.1 Å². The SMILES string of the molecule is Cl.NC1CCC2CN(C(=O)C3C4CC5CC(C4)CC3C5)CC12. The fourth-order valence-electron chi connectivity index (χ4n) is 7.03. The molecule has 5 saturated carbocycles. The first-order valence-electron chi connectivity index (χ1n) is 9.23. The average molecular weight is 325 g/mol. The van der Waals surface area contributed by atoms with E-state index < -0.39 is 0 Å². The van der Waals surface area contributed by atoms with Crippen LogP contribution in [0.4, 0.5) is 0 Å². The fourth-order valence-corrected chi connectivity index (χ4v) is 7.03. The first kappa shape index (κ1) is 15.3. The van der Waals surface area contributed by atoms with E-state index in [1.54, 1.807) is 0 Å². The van der Waals surface area contributed by atoms with Gasteiger partial charge >= 0.3 is 0 Å². The Labute approximate surface area is 139 Å². The molecule has 5 aliphatic carbocycles. The Kier molecular flexibility index (Phi) is 3.73. The van der Waals surface area contributed by atoms with Crippen LogP contribution in [0.3, 0.4) is 0 Å². The maximum atomic E-state index is 13.2. The van der Waals surface area contributed by atoms with Gasteiger partial charge in [0, 0.05) is 25.0 Å². The molecule has 1 saturated heterocycles. The van der Waals surface area contributed by atoms with Gasteiger partial charge in [0.2, 0.25) is 5.91 Å². The predicted octanol–water partition coefficient (Wildman–Crippen LogP) is 2.68. The van der Waals surface area contributed by atoms with Gasteiger partial charge in [-0.1, -0.05) is 0 Å². The summed E-state index contributed by atoms with van der Waals surface area (Å²) in [6.45, 7) is 1.98. The second kappa shape index (κ2) is 5.37. The maximum Gasteiger partial charge on any atom is 0.226 e. The second-order valence-electron chi connectivity index (χ2n) is 8.86. The summed E-state index contributed by atoms with van der Waals surface area (Å²) in [5.74, 6) is 5.58. The van der Waals surface area contributed by atoms with Crippen molar-refractivity contribution in [2.45, 2.75) is 51.0 Å². The molecule has 4 bridgehead atoms. The lowest BCUT2D eigenvalue weighted by Crippen LogP contribution is -2.51. The predicted molar refractivity (Wildman–Crippen MR) is 88.6 cm³/mol. The lowest BCUT2D eigenvalue weighted by molar-refractivity contribution is -0.148. The number of nitrogens with two attached hydrogens (primary N) is 1. The molecule has 3 atom stereocenters. The molecule has 3 unspecified atom stereocenters. The topological polar surface area (TPSA) is 46.3 Å². The highest BCUT2D eigenvalue weighted by molar-refractivity contribution is 5.85. The van der Waals surface area contributed by atoms with Crippen LogP contribution in [0.15, 0.2) is 0 Å². The van der Waals surface area contributed by atoms with Crippen LogP contribution in [0.25, 0.3) is 0 Å². The van der Waals surface area contributed by atoms with Crippen molar-refractivity contribution in [3.8, 4) is 0 Å². The van der Waals surface area contributed by atoms with E-state index in [-0.39, 0.29) is 12.4 Å². The quantitative estimate of drug-likeness (QED) is 0.806. The van der Waals surface area contributed by atoms with Gasteiger partial charge in [-0.3, -0.25) is 4.79 Å². The zero-order valence-electron chi connectivity index (χ0n) is 13.3. The Bertz CT molecular complexity index is 440. The molecule has 1 amide bonds. The van der Waals surface area contributed by atoms with Crippen LogP contribution in [0, 0.1) is 41.4 Å². The Morgan fingerprint density at radius 2 is 1.50 bits per heavy atom. The van der Waals surface area contributed by atoms with Crippen LogP contribution < -0.4 is 5.73 Å². The summed E-state index contributed by atoms with van der Waals surface area (Å²) in [4.78, 5) is 15.4. The molecule has 6 fully saturated rings. The number of fused-ring (bicyclic) bond motifs is 1. The van der Waals surface area contributed by atoms with E-state index in [0.717, 1.165) is 36.8 Å². The molecule has 124 valence electrons. The molecule has 1 aliphatic heterocycles. The zero-order valence-corrected chi connectivity index (χ0v) is 14.1. The van der Waals surface area contributed by atoms with Gasteiger partial charge < -0.3 is 10.6 Å². The summed E-state index contributed by atoms with van der Waals surface area (Å²) in [7, 11) is 0. The third-order valence-electron chi connectivity index (χ3n) is 7.74. The minimum atomic E-state index is 0.